The molecular formula is C16H24N4O. The summed E-state index contributed by atoms with van der Waals surface area (Å²) >= 11 is 0. The quantitative estimate of drug-likeness (QED) is 0.811. The van der Waals surface area contributed by atoms with Gasteiger partial charge in [-0.2, -0.15) is 5.10 Å². The first kappa shape index (κ1) is 15.5. The van der Waals surface area contributed by atoms with Crippen LogP contribution in [0.5, 0.6) is 5.88 Å². The van der Waals surface area contributed by atoms with Crippen molar-refractivity contribution in [1.29, 1.82) is 0 Å². The molecule has 0 aliphatic carbocycles. The molecule has 0 bridgehead atoms. The number of ether oxygens (including phenoxy) is 1. The Kier molecular flexibility index (Phi) is 5.75. The lowest BCUT2D eigenvalue weighted by molar-refractivity contribution is 0.397. The topological polar surface area (TPSA) is 52.0 Å². The molecule has 0 saturated heterocycles. The van der Waals surface area contributed by atoms with E-state index in [9.17, 15) is 0 Å². The van der Waals surface area contributed by atoms with E-state index in [0.717, 1.165) is 25.9 Å². The number of pyridine rings is 1. The van der Waals surface area contributed by atoms with E-state index in [1.807, 2.05) is 23.1 Å². The van der Waals surface area contributed by atoms with Crippen LogP contribution in [0.15, 0.2) is 30.7 Å². The van der Waals surface area contributed by atoms with Crippen molar-refractivity contribution in [2.24, 2.45) is 0 Å². The van der Waals surface area contributed by atoms with Crippen LogP contribution >= 0.6 is 0 Å². The molecule has 5 heteroatoms. The summed E-state index contributed by atoms with van der Waals surface area (Å²) in [5.74, 6) is 0.648. The van der Waals surface area contributed by atoms with Gasteiger partial charge in [-0.15, -0.1) is 0 Å². The summed E-state index contributed by atoms with van der Waals surface area (Å²) in [6.45, 7) is 6.16. The molecule has 5 nitrogen and oxygen atoms in total. The minimum Gasteiger partial charge on any atom is -0.481 e. The molecule has 0 aromatic carbocycles. The highest BCUT2D eigenvalue weighted by molar-refractivity contribution is 5.21. The van der Waals surface area contributed by atoms with E-state index in [-0.39, 0.29) is 6.04 Å². The number of nitrogens with one attached hydrogen (secondary N) is 1. The van der Waals surface area contributed by atoms with Gasteiger partial charge in [0.1, 0.15) is 0 Å². The third-order valence-electron chi connectivity index (χ3n) is 3.41. The van der Waals surface area contributed by atoms with Crippen LogP contribution in [0.4, 0.5) is 0 Å². The molecule has 0 spiro atoms. The van der Waals surface area contributed by atoms with Crippen molar-refractivity contribution < 1.29 is 4.74 Å². The van der Waals surface area contributed by atoms with E-state index in [1.165, 1.54) is 11.1 Å². The van der Waals surface area contributed by atoms with Gasteiger partial charge in [0, 0.05) is 36.6 Å². The molecule has 0 saturated carbocycles. The second kappa shape index (κ2) is 7.78. The number of aromatic nitrogens is 3. The Hall–Kier alpha value is -1.88. The fraction of sp³-hybridized carbons (Fsp3) is 0.500. The fourth-order valence-corrected chi connectivity index (χ4v) is 2.35. The van der Waals surface area contributed by atoms with Gasteiger partial charge in [0.25, 0.3) is 0 Å². The number of methoxy groups -OCH3 is 1. The third-order valence-corrected chi connectivity index (χ3v) is 3.41. The summed E-state index contributed by atoms with van der Waals surface area (Å²) < 4.78 is 7.10. The molecule has 1 unspecified atom stereocenters. The van der Waals surface area contributed by atoms with Crippen LogP contribution in [-0.2, 0) is 13.0 Å². The summed E-state index contributed by atoms with van der Waals surface area (Å²) in [6, 6.07) is 4.22. The summed E-state index contributed by atoms with van der Waals surface area (Å²) in [6.07, 6.45) is 7.95. The summed E-state index contributed by atoms with van der Waals surface area (Å²) in [4.78, 5) is 4.27. The van der Waals surface area contributed by atoms with Crippen molar-refractivity contribution in [2.75, 3.05) is 13.7 Å². The lowest BCUT2D eigenvalue weighted by Crippen LogP contribution is -2.22. The average Bonchev–Trinajstić information content (AvgIpc) is 2.96. The van der Waals surface area contributed by atoms with Gasteiger partial charge in [0.15, 0.2) is 0 Å². The van der Waals surface area contributed by atoms with Crippen molar-refractivity contribution in [3.8, 4) is 5.88 Å². The van der Waals surface area contributed by atoms with E-state index in [1.54, 1.807) is 7.11 Å². The Balaban J connectivity index is 2.09. The van der Waals surface area contributed by atoms with Crippen molar-refractivity contribution in [3.63, 3.8) is 0 Å². The molecule has 2 rings (SSSR count). The minimum atomic E-state index is 0.260. The minimum absolute atomic E-state index is 0.260. The molecule has 0 aliphatic heterocycles. The van der Waals surface area contributed by atoms with Gasteiger partial charge in [0.05, 0.1) is 13.3 Å². The van der Waals surface area contributed by atoms with Gasteiger partial charge in [-0.05, 0) is 24.9 Å². The Bertz CT molecular complexity index is 535. The van der Waals surface area contributed by atoms with E-state index >= 15 is 0 Å². The van der Waals surface area contributed by atoms with Gasteiger partial charge in [-0.25, -0.2) is 4.98 Å². The predicted octanol–water partition coefficient (Wildman–Crippen LogP) is 2.59. The predicted molar refractivity (Wildman–Crippen MR) is 83.4 cm³/mol. The molecule has 21 heavy (non-hydrogen) atoms. The number of rotatable bonds is 8. The molecule has 2 heterocycles. The van der Waals surface area contributed by atoms with Crippen LogP contribution in [-0.4, -0.2) is 28.4 Å². The average molecular weight is 288 g/mol. The van der Waals surface area contributed by atoms with E-state index in [4.69, 9.17) is 4.74 Å². The number of nitrogens with zero attached hydrogens (tertiary/aromatic N) is 3. The monoisotopic (exact) mass is 288 g/mol. The van der Waals surface area contributed by atoms with Gasteiger partial charge in [-0.1, -0.05) is 19.9 Å². The number of hydrogen-bond donors (Lipinski definition) is 1. The zero-order valence-corrected chi connectivity index (χ0v) is 13.0. The SMILES string of the molecule is CCCn1cc(C(Cc2ccc(OC)nc2)NCC)cn1. The standard InChI is InChI=1S/C16H24N4O/c1-4-8-20-12-14(11-19-20)15(17-5-2)9-13-6-7-16(21-3)18-10-13/h6-7,10-12,15,17H,4-5,8-9H2,1-3H3. The van der Waals surface area contributed by atoms with E-state index < -0.39 is 0 Å². The lowest BCUT2D eigenvalue weighted by atomic mass is 10.0. The van der Waals surface area contributed by atoms with Crippen molar-refractivity contribution in [1.82, 2.24) is 20.1 Å². The van der Waals surface area contributed by atoms with E-state index in [2.05, 4.69) is 41.5 Å². The van der Waals surface area contributed by atoms with Gasteiger partial charge in [0.2, 0.25) is 5.88 Å². The molecule has 0 radical (unpaired) electrons. The Morgan fingerprint density at radius 3 is 2.76 bits per heavy atom. The number of likely N-dealkylation sites (N-methyl/N-ethyl adjacent to an activating group) is 1. The molecular weight excluding hydrogens is 264 g/mol. The first-order chi connectivity index (χ1) is 10.3. The summed E-state index contributed by atoms with van der Waals surface area (Å²) in [5, 5.41) is 7.94. The Morgan fingerprint density at radius 1 is 1.29 bits per heavy atom. The maximum atomic E-state index is 5.10. The molecule has 1 atom stereocenters. The lowest BCUT2D eigenvalue weighted by Gasteiger charge is -2.16. The highest BCUT2D eigenvalue weighted by atomic mass is 16.5. The first-order valence-electron chi connectivity index (χ1n) is 7.51. The number of aryl methyl sites for hydroxylation is 1. The van der Waals surface area contributed by atoms with Crippen LogP contribution in [0.25, 0.3) is 0 Å². The van der Waals surface area contributed by atoms with Gasteiger partial charge in [-0.3, -0.25) is 4.68 Å². The van der Waals surface area contributed by atoms with Crippen molar-refractivity contribution in [2.45, 2.75) is 39.3 Å². The van der Waals surface area contributed by atoms with Crippen molar-refractivity contribution >= 4 is 0 Å². The molecule has 114 valence electrons. The molecule has 1 N–H and O–H groups in total. The second-order valence-electron chi connectivity index (χ2n) is 5.06. The summed E-state index contributed by atoms with van der Waals surface area (Å²) in [7, 11) is 1.63. The highest BCUT2D eigenvalue weighted by Gasteiger charge is 2.13. The van der Waals surface area contributed by atoms with Gasteiger partial charge >= 0.3 is 0 Å². The van der Waals surface area contributed by atoms with Crippen LogP contribution in [0.1, 0.15) is 37.4 Å². The Morgan fingerprint density at radius 2 is 2.14 bits per heavy atom. The third kappa shape index (κ3) is 4.29. The van der Waals surface area contributed by atoms with Crippen LogP contribution in [0.3, 0.4) is 0 Å². The Labute approximate surface area is 126 Å². The van der Waals surface area contributed by atoms with Crippen LogP contribution in [0.2, 0.25) is 0 Å². The largest absolute Gasteiger partial charge is 0.481 e. The van der Waals surface area contributed by atoms with Gasteiger partial charge < -0.3 is 10.1 Å². The fourth-order valence-electron chi connectivity index (χ4n) is 2.35. The van der Waals surface area contributed by atoms with E-state index in [0.29, 0.717) is 5.88 Å². The number of hydrogen-bond acceptors (Lipinski definition) is 4. The molecule has 2 aromatic rings. The van der Waals surface area contributed by atoms with Crippen molar-refractivity contribution in [3.05, 3.63) is 41.9 Å². The molecule has 0 aliphatic rings. The molecule has 0 amide bonds. The zero-order valence-electron chi connectivity index (χ0n) is 13.0. The maximum absolute atomic E-state index is 5.10. The second-order valence-corrected chi connectivity index (χ2v) is 5.06. The molecule has 2 aromatic heterocycles. The normalized spacial score (nSPS) is 12.3. The van der Waals surface area contributed by atoms with Crippen LogP contribution < -0.4 is 10.1 Å². The summed E-state index contributed by atoms with van der Waals surface area (Å²) in [5.41, 5.74) is 2.41. The smallest absolute Gasteiger partial charge is 0.212 e. The van der Waals surface area contributed by atoms with Crippen LogP contribution in [0, 0.1) is 0 Å². The first-order valence-corrected chi connectivity index (χ1v) is 7.51. The molecule has 0 fully saturated rings. The maximum Gasteiger partial charge on any atom is 0.212 e. The highest BCUT2D eigenvalue weighted by Crippen LogP contribution is 2.19. The zero-order chi connectivity index (χ0) is 15.1.